The molecule has 0 aromatic heterocycles. The van der Waals surface area contributed by atoms with Crippen molar-refractivity contribution in [2.75, 3.05) is 6.54 Å². The molecule has 0 saturated heterocycles. The molecular weight excluding hydrogens is 494 g/mol. The molecule has 1 unspecified atom stereocenters. The lowest BCUT2D eigenvalue weighted by atomic mass is 9.83. The van der Waals surface area contributed by atoms with E-state index >= 15 is 0 Å². The summed E-state index contributed by atoms with van der Waals surface area (Å²) in [4.78, 5) is 36.0. The quantitative estimate of drug-likeness (QED) is 0.323. The number of carbonyl (C=O) groups excluding carboxylic acids is 3. The van der Waals surface area contributed by atoms with Gasteiger partial charge in [0.15, 0.2) is 0 Å². The molecule has 0 bridgehead atoms. The summed E-state index contributed by atoms with van der Waals surface area (Å²) >= 11 is 0. The number of benzene rings is 2. The summed E-state index contributed by atoms with van der Waals surface area (Å²) in [7, 11) is 0. The van der Waals surface area contributed by atoms with Crippen molar-refractivity contribution in [2.45, 2.75) is 84.0 Å². The Kier molecular flexibility index (Phi) is 10.8. The van der Waals surface area contributed by atoms with Gasteiger partial charge in [0.25, 0.3) is 0 Å². The predicted octanol–water partition coefficient (Wildman–Crippen LogP) is 4.54. The highest BCUT2D eigenvalue weighted by atomic mass is 16.6. The van der Waals surface area contributed by atoms with Crippen LogP contribution in [0.3, 0.4) is 0 Å². The summed E-state index contributed by atoms with van der Waals surface area (Å²) in [5, 5.41) is 5.33. The van der Waals surface area contributed by atoms with Gasteiger partial charge in [-0.2, -0.15) is 0 Å². The van der Waals surface area contributed by atoms with E-state index < -0.39 is 29.7 Å². The van der Waals surface area contributed by atoms with Crippen LogP contribution >= 0.6 is 0 Å². The van der Waals surface area contributed by atoms with Crippen molar-refractivity contribution >= 4 is 18.1 Å². The molecule has 0 radical (unpaired) electrons. The highest BCUT2D eigenvalue weighted by Gasteiger charge is 2.24. The van der Waals surface area contributed by atoms with Gasteiger partial charge in [-0.05, 0) is 87.6 Å². The van der Waals surface area contributed by atoms with E-state index in [1.807, 2.05) is 36.4 Å². The third kappa shape index (κ3) is 10.0. The second-order valence-electron chi connectivity index (χ2n) is 10.6. The van der Waals surface area contributed by atoms with Gasteiger partial charge in [0.2, 0.25) is 5.91 Å². The normalized spacial score (nSPS) is 13.2. The minimum atomic E-state index is -0.814. The summed E-state index contributed by atoms with van der Waals surface area (Å²) in [6.07, 6.45) is 4.49. The van der Waals surface area contributed by atoms with Crippen molar-refractivity contribution in [3.8, 4) is 11.8 Å². The van der Waals surface area contributed by atoms with Crippen LogP contribution in [-0.2, 0) is 40.1 Å². The molecule has 0 aliphatic heterocycles. The number of fused-ring (bicyclic) bond motifs is 1. The van der Waals surface area contributed by atoms with Crippen molar-refractivity contribution in [2.24, 2.45) is 5.73 Å². The van der Waals surface area contributed by atoms with Gasteiger partial charge in [0, 0.05) is 18.5 Å². The van der Waals surface area contributed by atoms with E-state index in [0.29, 0.717) is 25.8 Å². The molecule has 1 aliphatic rings. The topological polar surface area (TPSA) is 120 Å². The zero-order chi connectivity index (χ0) is 28.3. The Morgan fingerprint density at radius 2 is 1.72 bits per heavy atom. The van der Waals surface area contributed by atoms with Crippen LogP contribution in [0.2, 0.25) is 0 Å². The number of hydrogen-bond acceptors (Lipinski definition) is 5. The lowest BCUT2D eigenvalue weighted by molar-refractivity contribution is -0.120. The molecule has 0 heterocycles. The highest BCUT2D eigenvalue weighted by molar-refractivity contribution is 5.84. The largest absolute Gasteiger partial charge is 0.445 e. The Balaban J connectivity index is 1.55. The number of nitrogens with two attached hydrogens (primary N) is 1. The first-order chi connectivity index (χ1) is 18.6. The Hall–Kier alpha value is -3.99. The summed E-state index contributed by atoms with van der Waals surface area (Å²) < 4.78 is 10.5. The molecule has 0 spiro atoms. The summed E-state index contributed by atoms with van der Waals surface area (Å²) in [5.74, 6) is 5.85. The Labute approximate surface area is 231 Å². The smallest absolute Gasteiger partial charge is 0.408 e. The Bertz CT molecular complexity index is 1210. The van der Waals surface area contributed by atoms with E-state index in [9.17, 15) is 14.4 Å². The van der Waals surface area contributed by atoms with Gasteiger partial charge in [-0.1, -0.05) is 48.2 Å². The van der Waals surface area contributed by atoms with E-state index in [-0.39, 0.29) is 6.61 Å². The van der Waals surface area contributed by atoms with Gasteiger partial charge in [-0.15, -0.1) is 0 Å². The predicted molar refractivity (Wildman–Crippen MR) is 150 cm³/mol. The third-order valence-electron chi connectivity index (χ3n) is 6.32. The number of amides is 3. The molecule has 3 amide bonds. The van der Waals surface area contributed by atoms with E-state index in [1.54, 1.807) is 20.8 Å². The zero-order valence-electron chi connectivity index (χ0n) is 23.1. The van der Waals surface area contributed by atoms with Crippen LogP contribution in [0, 0.1) is 11.8 Å². The number of ether oxygens (including phenoxy) is 2. The first kappa shape index (κ1) is 29.6. The van der Waals surface area contributed by atoms with Crippen molar-refractivity contribution in [1.82, 2.24) is 10.6 Å². The number of primary amides is 1. The molecule has 39 heavy (non-hydrogen) atoms. The first-order valence-corrected chi connectivity index (χ1v) is 13.5. The van der Waals surface area contributed by atoms with E-state index in [4.69, 9.17) is 15.2 Å². The summed E-state index contributed by atoms with van der Waals surface area (Å²) in [5.41, 5.74) is 10.5. The Morgan fingerprint density at radius 1 is 1.00 bits per heavy atom. The molecule has 208 valence electrons. The number of rotatable bonds is 9. The highest BCUT2D eigenvalue weighted by Crippen LogP contribution is 2.28. The van der Waals surface area contributed by atoms with Gasteiger partial charge < -0.3 is 25.8 Å². The van der Waals surface area contributed by atoms with Crippen molar-refractivity contribution in [3.05, 3.63) is 70.3 Å². The van der Waals surface area contributed by atoms with Crippen LogP contribution in [0.5, 0.6) is 0 Å². The number of hydrogen-bond donors (Lipinski definition) is 3. The Morgan fingerprint density at radius 3 is 2.41 bits per heavy atom. The maximum atomic E-state index is 12.2. The van der Waals surface area contributed by atoms with Crippen LogP contribution in [0.4, 0.5) is 9.59 Å². The standard InChI is InChI=1S/C31H39N3O5/c1-31(2,3)39-30(37)34-27(28(32)35)19-18-24-17-16-23(25-14-7-8-15-26(24)25)13-9-10-20-33-29(36)38-21-22-11-5-4-6-12-22/h4-6,11-12,16-17,27H,7-8,10,14-15,18-21H2,1-3H3,(H2,32,35)(H,33,36)(H,34,37). The number of carbonyl (C=O) groups is 3. The minimum Gasteiger partial charge on any atom is -0.445 e. The number of nitrogens with one attached hydrogen (secondary N) is 2. The molecule has 4 N–H and O–H groups in total. The molecule has 0 saturated carbocycles. The molecule has 1 atom stereocenters. The average Bonchev–Trinajstić information content (AvgIpc) is 2.89. The zero-order valence-corrected chi connectivity index (χ0v) is 23.1. The maximum absolute atomic E-state index is 12.2. The third-order valence-corrected chi connectivity index (χ3v) is 6.32. The van der Waals surface area contributed by atoms with Gasteiger partial charge in [0.1, 0.15) is 18.2 Å². The lowest BCUT2D eigenvalue weighted by Crippen LogP contribution is -2.46. The molecule has 8 heteroatoms. The lowest BCUT2D eigenvalue weighted by Gasteiger charge is -2.24. The molecular formula is C31H39N3O5. The van der Waals surface area contributed by atoms with Crippen molar-refractivity contribution in [1.29, 1.82) is 0 Å². The average molecular weight is 534 g/mol. The SMILES string of the molecule is CC(C)(C)OC(=O)NC(CCc1ccc(C#CCCNC(=O)OCc2ccccc2)c2c1CCCC2)C(N)=O. The molecule has 1 aliphatic carbocycles. The van der Waals surface area contributed by atoms with Crippen LogP contribution in [0.15, 0.2) is 42.5 Å². The molecule has 8 nitrogen and oxygen atoms in total. The molecule has 2 aromatic rings. The fourth-order valence-electron chi connectivity index (χ4n) is 4.49. The number of aryl methyl sites for hydroxylation is 1. The minimum absolute atomic E-state index is 0.230. The maximum Gasteiger partial charge on any atom is 0.408 e. The second kappa shape index (κ2) is 14.2. The van der Waals surface area contributed by atoms with E-state index in [0.717, 1.165) is 42.4 Å². The van der Waals surface area contributed by atoms with Crippen LogP contribution in [0.25, 0.3) is 0 Å². The molecule has 0 fully saturated rings. The monoisotopic (exact) mass is 533 g/mol. The van der Waals surface area contributed by atoms with Gasteiger partial charge in [-0.25, -0.2) is 9.59 Å². The summed E-state index contributed by atoms with van der Waals surface area (Å²) in [6, 6.07) is 12.8. The van der Waals surface area contributed by atoms with Crippen molar-refractivity contribution < 1.29 is 23.9 Å². The van der Waals surface area contributed by atoms with Crippen LogP contribution in [-0.4, -0.2) is 36.3 Å². The fraction of sp³-hybridized carbons (Fsp3) is 0.452. The van der Waals surface area contributed by atoms with E-state index in [2.05, 4.69) is 28.5 Å². The summed E-state index contributed by atoms with van der Waals surface area (Å²) in [6.45, 7) is 5.93. The van der Waals surface area contributed by atoms with Gasteiger partial charge in [-0.3, -0.25) is 4.79 Å². The van der Waals surface area contributed by atoms with Crippen LogP contribution < -0.4 is 16.4 Å². The molecule has 3 rings (SSSR count). The fourth-order valence-corrected chi connectivity index (χ4v) is 4.49. The van der Waals surface area contributed by atoms with Gasteiger partial charge in [0.05, 0.1) is 0 Å². The number of alkyl carbamates (subject to hydrolysis) is 2. The van der Waals surface area contributed by atoms with E-state index in [1.165, 1.54) is 11.1 Å². The first-order valence-electron chi connectivity index (χ1n) is 13.5. The molecule has 2 aromatic carbocycles. The van der Waals surface area contributed by atoms with Crippen molar-refractivity contribution in [3.63, 3.8) is 0 Å². The van der Waals surface area contributed by atoms with Gasteiger partial charge >= 0.3 is 12.2 Å². The van der Waals surface area contributed by atoms with Crippen LogP contribution in [0.1, 0.15) is 74.3 Å². The second-order valence-corrected chi connectivity index (χ2v) is 10.6.